The summed E-state index contributed by atoms with van der Waals surface area (Å²) in [5.74, 6) is -1.26. The summed E-state index contributed by atoms with van der Waals surface area (Å²) in [4.78, 5) is 11.2. The van der Waals surface area contributed by atoms with Crippen molar-refractivity contribution >= 4 is 33.3 Å². The number of hydrogen-bond acceptors (Lipinski definition) is 3. The van der Waals surface area contributed by atoms with E-state index in [1.807, 2.05) is 0 Å². The molecule has 21 heavy (non-hydrogen) atoms. The number of sulfonamides is 1. The van der Waals surface area contributed by atoms with E-state index in [9.17, 15) is 13.2 Å². The third-order valence-corrected chi connectivity index (χ3v) is 4.69. The fraction of sp³-hybridized carbons (Fsp3) is 0.0714. The Balaban J connectivity index is 2.52. The Morgan fingerprint density at radius 1 is 1.14 bits per heavy atom. The van der Waals surface area contributed by atoms with Gasteiger partial charge in [0, 0.05) is 0 Å². The van der Waals surface area contributed by atoms with Crippen LogP contribution in [0.25, 0.3) is 0 Å². The number of aryl methyl sites for hydroxylation is 1. The highest BCUT2D eigenvalue weighted by Gasteiger charge is 2.21. The van der Waals surface area contributed by atoms with Gasteiger partial charge in [-0.05, 0) is 30.7 Å². The van der Waals surface area contributed by atoms with Crippen LogP contribution in [0.2, 0.25) is 5.02 Å². The van der Waals surface area contributed by atoms with Crippen LogP contribution in [0.3, 0.4) is 0 Å². The minimum atomic E-state index is -3.92. The molecule has 0 aromatic heterocycles. The van der Waals surface area contributed by atoms with Crippen molar-refractivity contribution in [3.8, 4) is 0 Å². The van der Waals surface area contributed by atoms with Gasteiger partial charge in [0.25, 0.3) is 10.0 Å². The van der Waals surface area contributed by atoms with E-state index in [2.05, 4.69) is 4.72 Å². The zero-order valence-corrected chi connectivity index (χ0v) is 12.6. The third kappa shape index (κ3) is 3.17. The summed E-state index contributed by atoms with van der Waals surface area (Å²) in [5, 5.41) is 9.14. The molecular formula is C14H12ClNO4S. The lowest BCUT2D eigenvalue weighted by molar-refractivity contribution is 0.0698. The minimum Gasteiger partial charge on any atom is -0.478 e. The first kappa shape index (κ1) is 15.3. The fourth-order valence-corrected chi connectivity index (χ4v) is 3.48. The van der Waals surface area contributed by atoms with E-state index in [1.165, 1.54) is 24.3 Å². The molecule has 0 bridgehead atoms. The van der Waals surface area contributed by atoms with Gasteiger partial charge in [-0.1, -0.05) is 35.9 Å². The number of nitrogens with one attached hydrogen (secondary N) is 1. The largest absolute Gasteiger partial charge is 0.478 e. The van der Waals surface area contributed by atoms with Gasteiger partial charge in [-0.15, -0.1) is 0 Å². The van der Waals surface area contributed by atoms with Gasteiger partial charge in [0.1, 0.15) is 0 Å². The molecule has 0 fully saturated rings. The lowest BCUT2D eigenvalue weighted by Gasteiger charge is -2.13. The average molecular weight is 326 g/mol. The maximum absolute atomic E-state index is 12.4. The number of benzene rings is 2. The van der Waals surface area contributed by atoms with Crippen molar-refractivity contribution in [3.05, 3.63) is 58.6 Å². The third-order valence-electron chi connectivity index (χ3n) is 2.86. The van der Waals surface area contributed by atoms with E-state index >= 15 is 0 Å². The van der Waals surface area contributed by atoms with Crippen LogP contribution in [-0.4, -0.2) is 19.5 Å². The number of rotatable bonds is 4. The van der Waals surface area contributed by atoms with Crippen molar-refractivity contribution in [2.75, 3.05) is 4.72 Å². The highest BCUT2D eigenvalue weighted by molar-refractivity contribution is 7.92. The Morgan fingerprint density at radius 2 is 1.81 bits per heavy atom. The highest BCUT2D eigenvalue weighted by atomic mass is 35.5. The van der Waals surface area contributed by atoms with Crippen molar-refractivity contribution in [1.82, 2.24) is 0 Å². The summed E-state index contributed by atoms with van der Waals surface area (Å²) >= 11 is 5.92. The molecule has 7 heteroatoms. The van der Waals surface area contributed by atoms with Crippen molar-refractivity contribution in [1.29, 1.82) is 0 Å². The number of anilines is 1. The molecule has 0 amide bonds. The second kappa shape index (κ2) is 5.75. The summed E-state index contributed by atoms with van der Waals surface area (Å²) in [6.45, 7) is 1.65. The van der Waals surface area contributed by atoms with Crippen molar-refractivity contribution in [3.63, 3.8) is 0 Å². The van der Waals surface area contributed by atoms with E-state index in [0.29, 0.717) is 5.56 Å². The Hall–Kier alpha value is -2.05. The first-order valence-electron chi connectivity index (χ1n) is 5.93. The Kier molecular flexibility index (Phi) is 4.20. The summed E-state index contributed by atoms with van der Waals surface area (Å²) in [7, 11) is -3.92. The van der Waals surface area contributed by atoms with Gasteiger partial charge in [0.2, 0.25) is 0 Å². The molecule has 2 aromatic rings. The van der Waals surface area contributed by atoms with E-state index in [1.54, 1.807) is 25.1 Å². The van der Waals surface area contributed by atoms with Gasteiger partial charge in [-0.3, -0.25) is 4.72 Å². The predicted octanol–water partition coefficient (Wildman–Crippen LogP) is 3.15. The molecule has 0 spiro atoms. The zero-order valence-electron chi connectivity index (χ0n) is 11.0. The minimum absolute atomic E-state index is 0.0204. The molecule has 0 unspecified atom stereocenters. The number of carboxylic acid groups (broad SMARTS) is 1. The lowest BCUT2D eigenvalue weighted by Crippen LogP contribution is -2.17. The molecule has 0 aliphatic rings. The molecule has 5 nitrogen and oxygen atoms in total. The van der Waals surface area contributed by atoms with Crippen LogP contribution < -0.4 is 4.72 Å². The average Bonchev–Trinajstić information content (AvgIpc) is 2.41. The van der Waals surface area contributed by atoms with Gasteiger partial charge in [-0.2, -0.15) is 0 Å². The maximum Gasteiger partial charge on any atom is 0.337 e. The summed E-state index contributed by atoms with van der Waals surface area (Å²) in [6.07, 6.45) is 0. The first-order chi connectivity index (χ1) is 9.83. The molecular weight excluding hydrogens is 314 g/mol. The molecule has 0 radical (unpaired) electrons. The van der Waals surface area contributed by atoms with Crippen LogP contribution in [0.4, 0.5) is 5.69 Å². The molecule has 0 atom stereocenters. The van der Waals surface area contributed by atoms with Gasteiger partial charge in [0.05, 0.1) is 21.2 Å². The van der Waals surface area contributed by atoms with Crippen LogP contribution in [0.1, 0.15) is 15.9 Å². The predicted molar refractivity (Wildman–Crippen MR) is 80.4 cm³/mol. The zero-order chi connectivity index (χ0) is 15.6. The van der Waals surface area contributed by atoms with Crippen LogP contribution in [0, 0.1) is 6.92 Å². The summed E-state index contributed by atoms with van der Waals surface area (Å²) in [5.41, 5.74) is 0.198. The van der Waals surface area contributed by atoms with Crippen LogP contribution in [0.5, 0.6) is 0 Å². The molecule has 2 aromatic carbocycles. The number of aromatic carboxylic acids is 1. The van der Waals surface area contributed by atoms with E-state index in [0.717, 1.165) is 0 Å². The number of hydrogen-bond donors (Lipinski definition) is 2. The summed E-state index contributed by atoms with van der Waals surface area (Å²) in [6, 6.07) is 10.5. The smallest absolute Gasteiger partial charge is 0.337 e. The van der Waals surface area contributed by atoms with Gasteiger partial charge < -0.3 is 5.11 Å². The maximum atomic E-state index is 12.4. The van der Waals surface area contributed by atoms with Gasteiger partial charge >= 0.3 is 5.97 Å². The molecule has 2 rings (SSSR count). The highest BCUT2D eigenvalue weighted by Crippen LogP contribution is 2.29. The number of para-hydroxylation sites is 1. The normalized spacial score (nSPS) is 11.1. The number of carboxylic acids is 1. The van der Waals surface area contributed by atoms with Crippen LogP contribution >= 0.6 is 11.6 Å². The lowest BCUT2D eigenvalue weighted by atomic mass is 10.2. The second-order valence-corrected chi connectivity index (χ2v) is 6.40. The van der Waals surface area contributed by atoms with Crippen LogP contribution in [0.15, 0.2) is 47.4 Å². The van der Waals surface area contributed by atoms with E-state index < -0.39 is 16.0 Å². The Labute approximate surface area is 127 Å². The van der Waals surface area contributed by atoms with E-state index in [4.69, 9.17) is 16.7 Å². The Bertz CT molecular complexity index is 802. The monoisotopic (exact) mass is 325 g/mol. The molecule has 110 valence electrons. The molecule has 0 saturated heterocycles. The Morgan fingerprint density at radius 3 is 2.43 bits per heavy atom. The number of carbonyl (C=O) groups is 1. The molecule has 0 saturated carbocycles. The molecule has 0 aliphatic carbocycles. The molecule has 0 aliphatic heterocycles. The first-order valence-corrected chi connectivity index (χ1v) is 7.79. The van der Waals surface area contributed by atoms with Crippen molar-refractivity contribution < 1.29 is 18.3 Å². The number of halogens is 1. The van der Waals surface area contributed by atoms with Crippen molar-refractivity contribution in [2.24, 2.45) is 0 Å². The second-order valence-electron chi connectivity index (χ2n) is 4.34. The van der Waals surface area contributed by atoms with Gasteiger partial charge in [-0.25, -0.2) is 13.2 Å². The molecule has 0 heterocycles. The van der Waals surface area contributed by atoms with E-state index in [-0.39, 0.29) is 21.2 Å². The topological polar surface area (TPSA) is 83.5 Å². The van der Waals surface area contributed by atoms with Crippen molar-refractivity contribution in [2.45, 2.75) is 11.8 Å². The molecule has 2 N–H and O–H groups in total. The summed E-state index contributed by atoms with van der Waals surface area (Å²) < 4.78 is 27.0. The quantitative estimate of drug-likeness (QED) is 0.904. The van der Waals surface area contributed by atoms with Gasteiger partial charge in [0.15, 0.2) is 0 Å². The SMILES string of the molecule is Cc1ccccc1S(=O)(=O)Nc1c(Cl)cccc1C(=O)O. The fourth-order valence-electron chi connectivity index (χ4n) is 1.85. The van der Waals surface area contributed by atoms with Crippen LogP contribution in [-0.2, 0) is 10.0 Å². The standard InChI is InChI=1S/C14H12ClNO4S/c1-9-5-2-3-8-12(9)21(19,20)16-13-10(14(17)18)6-4-7-11(13)15/h2-8,16H,1H3,(H,17,18).